The SMILES string of the molecule is CCCN(CC)CCNC1CCCc2ccccc21. The lowest BCUT2D eigenvalue weighted by atomic mass is 9.88. The van der Waals surface area contributed by atoms with Crippen LogP contribution in [0.15, 0.2) is 24.3 Å². The fraction of sp³-hybridized carbons (Fsp3) is 0.647. The van der Waals surface area contributed by atoms with E-state index in [-0.39, 0.29) is 0 Å². The van der Waals surface area contributed by atoms with Crippen molar-refractivity contribution in [2.24, 2.45) is 0 Å². The van der Waals surface area contributed by atoms with Crippen molar-refractivity contribution in [3.8, 4) is 0 Å². The molecular formula is C17H28N2. The molecule has 2 rings (SSSR count). The van der Waals surface area contributed by atoms with Gasteiger partial charge in [0.05, 0.1) is 0 Å². The van der Waals surface area contributed by atoms with Crippen LogP contribution >= 0.6 is 0 Å². The molecule has 1 unspecified atom stereocenters. The van der Waals surface area contributed by atoms with Gasteiger partial charge in [-0.1, -0.05) is 38.1 Å². The first-order valence-electron chi connectivity index (χ1n) is 7.88. The molecule has 0 bridgehead atoms. The normalized spacial score (nSPS) is 18.6. The van der Waals surface area contributed by atoms with Crippen LogP contribution in [-0.4, -0.2) is 31.1 Å². The van der Waals surface area contributed by atoms with E-state index in [1.807, 2.05) is 0 Å². The molecule has 0 aliphatic heterocycles. The van der Waals surface area contributed by atoms with Gasteiger partial charge in [0.1, 0.15) is 0 Å². The molecule has 1 aromatic carbocycles. The first-order chi connectivity index (χ1) is 9.35. The predicted molar refractivity (Wildman–Crippen MR) is 82.5 cm³/mol. The van der Waals surface area contributed by atoms with Crippen molar-refractivity contribution in [1.82, 2.24) is 10.2 Å². The lowest BCUT2D eigenvalue weighted by Gasteiger charge is -2.28. The third-order valence-corrected chi connectivity index (χ3v) is 4.18. The van der Waals surface area contributed by atoms with Gasteiger partial charge in [0.2, 0.25) is 0 Å². The van der Waals surface area contributed by atoms with Crippen molar-refractivity contribution in [3.63, 3.8) is 0 Å². The van der Waals surface area contributed by atoms with Crippen molar-refractivity contribution < 1.29 is 0 Å². The molecule has 0 spiro atoms. The van der Waals surface area contributed by atoms with E-state index in [9.17, 15) is 0 Å². The second-order valence-corrected chi connectivity index (χ2v) is 5.53. The number of aryl methyl sites for hydroxylation is 1. The minimum Gasteiger partial charge on any atom is -0.309 e. The van der Waals surface area contributed by atoms with E-state index >= 15 is 0 Å². The average molecular weight is 260 g/mol. The van der Waals surface area contributed by atoms with Crippen LogP contribution in [0.25, 0.3) is 0 Å². The lowest BCUT2D eigenvalue weighted by Crippen LogP contribution is -2.35. The first-order valence-corrected chi connectivity index (χ1v) is 7.88. The van der Waals surface area contributed by atoms with Gasteiger partial charge in [0, 0.05) is 19.1 Å². The van der Waals surface area contributed by atoms with Crippen molar-refractivity contribution in [1.29, 1.82) is 0 Å². The second-order valence-electron chi connectivity index (χ2n) is 5.53. The highest BCUT2D eigenvalue weighted by Crippen LogP contribution is 2.29. The van der Waals surface area contributed by atoms with Crippen molar-refractivity contribution in [2.75, 3.05) is 26.2 Å². The monoisotopic (exact) mass is 260 g/mol. The van der Waals surface area contributed by atoms with E-state index in [0.717, 1.165) is 13.1 Å². The summed E-state index contributed by atoms with van der Waals surface area (Å²) in [7, 11) is 0. The Labute approximate surface area is 118 Å². The number of nitrogens with one attached hydrogen (secondary N) is 1. The summed E-state index contributed by atoms with van der Waals surface area (Å²) in [6, 6.07) is 9.51. The highest BCUT2D eigenvalue weighted by Gasteiger charge is 2.18. The maximum Gasteiger partial charge on any atom is 0.0323 e. The third-order valence-electron chi connectivity index (χ3n) is 4.18. The molecule has 0 radical (unpaired) electrons. The Balaban J connectivity index is 1.84. The first kappa shape index (κ1) is 14.5. The van der Waals surface area contributed by atoms with Gasteiger partial charge in [-0.3, -0.25) is 0 Å². The Morgan fingerprint density at radius 2 is 2.05 bits per heavy atom. The van der Waals surface area contributed by atoms with Gasteiger partial charge in [-0.15, -0.1) is 0 Å². The highest BCUT2D eigenvalue weighted by atomic mass is 15.1. The topological polar surface area (TPSA) is 15.3 Å². The third kappa shape index (κ3) is 4.05. The van der Waals surface area contributed by atoms with Crippen LogP contribution < -0.4 is 5.32 Å². The molecule has 1 aliphatic carbocycles. The van der Waals surface area contributed by atoms with Gasteiger partial charge in [-0.2, -0.15) is 0 Å². The molecule has 0 amide bonds. The van der Waals surface area contributed by atoms with Crippen LogP contribution in [-0.2, 0) is 6.42 Å². The van der Waals surface area contributed by atoms with E-state index in [2.05, 4.69) is 48.3 Å². The number of hydrogen-bond acceptors (Lipinski definition) is 2. The van der Waals surface area contributed by atoms with Gasteiger partial charge in [-0.25, -0.2) is 0 Å². The molecule has 0 aromatic heterocycles. The minimum atomic E-state index is 0.574. The molecule has 19 heavy (non-hydrogen) atoms. The number of fused-ring (bicyclic) bond motifs is 1. The van der Waals surface area contributed by atoms with Gasteiger partial charge in [0.25, 0.3) is 0 Å². The largest absolute Gasteiger partial charge is 0.309 e. The Morgan fingerprint density at radius 1 is 1.21 bits per heavy atom. The summed E-state index contributed by atoms with van der Waals surface area (Å²) in [5.41, 5.74) is 3.08. The molecule has 106 valence electrons. The van der Waals surface area contributed by atoms with E-state index in [0.29, 0.717) is 6.04 Å². The van der Waals surface area contributed by atoms with Crippen LogP contribution in [0.5, 0.6) is 0 Å². The number of likely N-dealkylation sites (N-methyl/N-ethyl adjacent to an activating group) is 1. The smallest absolute Gasteiger partial charge is 0.0323 e. The van der Waals surface area contributed by atoms with E-state index in [1.165, 1.54) is 44.3 Å². The highest BCUT2D eigenvalue weighted by molar-refractivity contribution is 5.32. The Kier molecular flexibility index (Phi) is 5.87. The van der Waals surface area contributed by atoms with Crippen molar-refractivity contribution in [3.05, 3.63) is 35.4 Å². The molecule has 0 saturated carbocycles. The van der Waals surface area contributed by atoms with Gasteiger partial charge >= 0.3 is 0 Å². The summed E-state index contributed by atoms with van der Waals surface area (Å²) < 4.78 is 0. The Hall–Kier alpha value is -0.860. The number of nitrogens with zero attached hydrogens (tertiary/aromatic N) is 1. The summed E-state index contributed by atoms with van der Waals surface area (Å²) in [6.45, 7) is 9.17. The van der Waals surface area contributed by atoms with E-state index in [4.69, 9.17) is 0 Å². The summed E-state index contributed by atoms with van der Waals surface area (Å²) in [4.78, 5) is 2.53. The fourth-order valence-electron chi connectivity index (χ4n) is 3.11. The van der Waals surface area contributed by atoms with Crippen LogP contribution in [0.2, 0.25) is 0 Å². The fourth-order valence-corrected chi connectivity index (χ4v) is 3.11. The zero-order valence-corrected chi connectivity index (χ0v) is 12.5. The molecular weight excluding hydrogens is 232 g/mol. The summed E-state index contributed by atoms with van der Waals surface area (Å²) >= 11 is 0. The summed E-state index contributed by atoms with van der Waals surface area (Å²) in [5.74, 6) is 0. The number of rotatable bonds is 7. The predicted octanol–water partition coefficient (Wildman–Crippen LogP) is 3.39. The zero-order valence-electron chi connectivity index (χ0n) is 12.5. The quantitative estimate of drug-likeness (QED) is 0.808. The summed E-state index contributed by atoms with van der Waals surface area (Å²) in [5, 5.41) is 3.76. The molecule has 2 nitrogen and oxygen atoms in total. The van der Waals surface area contributed by atoms with Crippen LogP contribution in [0.1, 0.15) is 50.3 Å². The molecule has 0 saturated heterocycles. The second kappa shape index (κ2) is 7.66. The van der Waals surface area contributed by atoms with Gasteiger partial charge in [0.15, 0.2) is 0 Å². The van der Waals surface area contributed by atoms with Crippen LogP contribution in [0.4, 0.5) is 0 Å². The molecule has 1 N–H and O–H groups in total. The molecule has 2 heteroatoms. The van der Waals surface area contributed by atoms with E-state index in [1.54, 1.807) is 5.56 Å². The maximum absolute atomic E-state index is 3.76. The molecule has 0 heterocycles. The van der Waals surface area contributed by atoms with Gasteiger partial charge in [-0.05, 0) is 49.9 Å². The molecule has 1 aromatic rings. The maximum atomic E-state index is 3.76. The number of hydrogen-bond donors (Lipinski definition) is 1. The Morgan fingerprint density at radius 3 is 2.84 bits per heavy atom. The molecule has 1 atom stereocenters. The molecule has 0 fully saturated rings. The average Bonchev–Trinajstić information content (AvgIpc) is 2.46. The standard InChI is InChI=1S/C17H28N2/c1-3-13-19(4-2)14-12-18-17-11-7-9-15-8-5-6-10-16(15)17/h5-6,8,10,17-18H,3-4,7,9,11-14H2,1-2H3. The Bertz CT molecular complexity index is 375. The van der Waals surface area contributed by atoms with Crippen molar-refractivity contribution >= 4 is 0 Å². The molecule has 1 aliphatic rings. The van der Waals surface area contributed by atoms with Crippen LogP contribution in [0.3, 0.4) is 0 Å². The number of benzene rings is 1. The van der Waals surface area contributed by atoms with Crippen LogP contribution in [0, 0.1) is 0 Å². The zero-order chi connectivity index (χ0) is 13.5. The lowest BCUT2D eigenvalue weighted by molar-refractivity contribution is 0.280. The van der Waals surface area contributed by atoms with Gasteiger partial charge < -0.3 is 10.2 Å². The summed E-state index contributed by atoms with van der Waals surface area (Å²) in [6.07, 6.45) is 5.11. The van der Waals surface area contributed by atoms with E-state index < -0.39 is 0 Å². The van der Waals surface area contributed by atoms with Crippen molar-refractivity contribution in [2.45, 2.75) is 45.6 Å². The minimum absolute atomic E-state index is 0.574.